The number of unbranched alkanes of at least 4 members (excludes halogenated alkanes) is 1. The number of rotatable bonds is 9. The molecule has 92 valence electrons. The van der Waals surface area contributed by atoms with Crippen LogP contribution in [0, 0.1) is 0 Å². The van der Waals surface area contributed by atoms with E-state index >= 15 is 0 Å². The van der Waals surface area contributed by atoms with Crippen LogP contribution in [-0.4, -0.2) is 42.5 Å². The first-order chi connectivity index (χ1) is 7.61. The van der Waals surface area contributed by atoms with E-state index in [2.05, 4.69) is 10.6 Å². The molecule has 1 atom stereocenters. The lowest BCUT2D eigenvalue weighted by molar-refractivity contribution is -0.140. The van der Waals surface area contributed by atoms with Crippen molar-refractivity contribution in [2.75, 3.05) is 13.1 Å². The normalized spacial score (nSPS) is 11.6. The zero-order valence-corrected chi connectivity index (χ0v) is 8.94. The predicted octanol–water partition coefficient (Wildman–Crippen LogP) is -1.57. The Morgan fingerprint density at radius 3 is 2.56 bits per heavy atom. The lowest BCUT2D eigenvalue weighted by atomic mass is 10.1. The van der Waals surface area contributed by atoms with E-state index < -0.39 is 12.0 Å². The molecule has 0 bridgehead atoms. The van der Waals surface area contributed by atoms with Gasteiger partial charge in [-0.2, -0.15) is 0 Å². The van der Waals surface area contributed by atoms with Crippen LogP contribution in [0.15, 0.2) is 0 Å². The summed E-state index contributed by atoms with van der Waals surface area (Å²) in [6, 6.07) is -0.859. The Morgan fingerprint density at radius 2 is 2.06 bits per heavy atom. The average molecular weight is 231 g/mol. The fourth-order valence-electron chi connectivity index (χ4n) is 1.13. The van der Waals surface area contributed by atoms with Crippen LogP contribution in [0.1, 0.15) is 19.3 Å². The fraction of sp³-hybridized carbons (Fsp3) is 0.667. The number of nitrogens with one attached hydrogen (secondary N) is 2. The van der Waals surface area contributed by atoms with Crippen molar-refractivity contribution in [1.29, 1.82) is 0 Å². The molecule has 1 unspecified atom stereocenters. The Morgan fingerprint density at radius 1 is 1.38 bits per heavy atom. The molecular formula is C9H17N3O4. The van der Waals surface area contributed by atoms with Crippen molar-refractivity contribution < 1.29 is 19.5 Å². The molecule has 0 radical (unpaired) electrons. The maximum absolute atomic E-state index is 10.7. The largest absolute Gasteiger partial charge is 0.480 e. The highest BCUT2D eigenvalue weighted by molar-refractivity contribution is 5.77. The zero-order chi connectivity index (χ0) is 12.4. The lowest BCUT2D eigenvalue weighted by Crippen LogP contribution is -2.36. The van der Waals surface area contributed by atoms with Gasteiger partial charge in [0, 0.05) is 6.54 Å². The quantitative estimate of drug-likeness (QED) is 0.282. The molecule has 0 aliphatic rings. The third-order valence-electron chi connectivity index (χ3n) is 1.99. The summed E-state index contributed by atoms with van der Waals surface area (Å²) in [5.74, 6) is -1.29. The molecule has 0 saturated heterocycles. The van der Waals surface area contributed by atoms with E-state index in [4.69, 9.17) is 10.8 Å². The van der Waals surface area contributed by atoms with E-state index in [0.717, 1.165) is 0 Å². The third-order valence-corrected chi connectivity index (χ3v) is 1.99. The number of carbonyl (C=O) groups excluding carboxylic acids is 2. The summed E-state index contributed by atoms with van der Waals surface area (Å²) in [4.78, 5) is 31.4. The van der Waals surface area contributed by atoms with E-state index in [1.54, 1.807) is 0 Å². The van der Waals surface area contributed by atoms with Gasteiger partial charge in [-0.15, -0.1) is 0 Å². The molecule has 5 N–H and O–H groups in total. The minimum Gasteiger partial charge on any atom is -0.480 e. The standard InChI is InChI=1S/C9H17N3O4/c10-5-8(14)11-4-2-1-3-7(9(15)16)12-6-13/h6-7H,1-5,10H2,(H,11,14)(H,12,13)(H,15,16). The molecule has 7 nitrogen and oxygen atoms in total. The summed E-state index contributed by atoms with van der Waals surface area (Å²) in [7, 11) is 0. The first kappa shape index (κ1) is 14.4. The highest BCUT2D eigenvalue weighted by Gasteiger charge is 2.14. The molecule has 0 aromatic carbocycles. The number of amides is 2. The van der Waals surface area contributed by atoms with Crippen LogP contribution in [-0.2, 0) is 14.4 Å². The van der Waals surface area contributed by atoms with Gasteiger partial charge in [0.05, 0.1) is 6.54 Å². The van der Waals surface area contributed by atoms with Crippen molar-refractivity contribution in [3.63, 3.8) is 0 Å². The van der Waals surface area contributed by atoms with Gasteiger partial charge in [0.2, 0.25) is 12.3 Å². The third kappa shape index (κ3) is 6.77. The molecule has 0 aliphatic carbocycles. The summed E-state index contributed by atoms with van der Waals surface area (Å²) < 4.78 is 0. The molecule has 7 heteroatoms. The molecule has 0 spiro atoms. The van der Waals surface area contributed by atoms with Gasteiger partial charge in [-0.1, -0.05) is 0 Å². The minimum atomic E-state index is -1.06. The van der Waals surface area contributed by atoms with Crippen molar-refractivity contribution in [3.8, 4) is 0 Å². The van der Waals surface area contributed by atoms with Crippen molar-refractivity contribution in [3.05, 3.63) is 0 Å². The number of hydrogen-bond acceptors (Lipinski definition) is 4. The molecule has 0 aromatic heterocycles. The van der Waals surface area contributed by atoms with Crippen LogP contribution >= 0.6 is 0 Å². The first-order valence-corrected chi connectivity index (χ1v) is 5.01. The van der Waals surface area contributed by atoms with Crippen molar-refractivity contribution in [2.24, 2.45) is 5.73 Å². The van der Waals surface area contributed by atoms with Crippen LogP contribution in [0.2, 0.25) is 0 Å². The molecule has 2 amide bonds. The topological polar surface area (TPSA) is 122 Å². The van der Waals surface area contributed by atoms with Crippen LogP contribution in [0.5, 0.6) is 0 Å². The highest BCUT2D eigenvalue weighted by Crippen LogP contribution is 2.00. The summed E-state index contributed by atoms with van der Waals surface area (Å²) >= 11 is 0. The van der Waals surface area contributed by atoms with Crippen molar-refractivity contribution in [1.82, 2.24) is 10.6 Å². The first-order valence-electron chi connectivity index (χ1n) is 5.01. The summed E-state index contributed by atoms with van der Waals surface area (Å²) in [5, 5.41) is 13.5. The average Bonchev–Trinajstić information content (AvgIpc) is 2.26. The SMILES string of the molecule is NCC(=O)NCCCCC(NC=O)C(=O)O. The van der Waals surface area contributed by atoms with Crippen LogP contribution in [0.4, 0.5) is 0 Å². The maximum atomic E-state index is 10.7. The van der Waals surface area contributed by atoms with E-state index in [-0.39, 0.29) is 12.5 Å². The number of carboxylic acid groups (broad SMARTS) is 1. The van der Waals surface area contributed by atoms with Crippen LogP contribution in [0.3, 0.4) is 0 Å². The van der Waals surface area contributed by atoms with Gasteiger partial charge < -0.3 is 21.5 Å². The van der Waals surface area contributed by atoms with Gasteiger partial charge >= 0.3 is 5.97 Å². The van der Waals surface area contributed by atoms with Crippen molar-refractivity contribution in [2.45, 2.75) is 25.3 Å². The Bertz CT molecular complexity index is 245. The van der Waals surface area contributed by atoms with E-state index in [0.29, 0.717) is 32.2 Å². The zero-order valence-electron chi connectivity index (χ0n) is 8.94. The Hall–Kier alpha value is -1.63. The predicted molar refractivity (Wildman–Crippen MR) is 56.5 cm³/mol. The number of carboxylic acids is 1. The molecule has 0 heterocycles. The van der Waals surface area contributed by atoms with E-state index in [1.807, 2.05) is 0 Å². The summed E-state index contributed by atoms with van der Waals surface area (Å²) in [6.07, 6.45) is 1.96. The summed E-state index contributed by atoms with van der Waals surface area (Å²) in [5.41, 5.74) is 5.08. The fourth-order valence-corrected chi connectivity index (χ4v) is 1.13. The molecular weight excluding hydrogens is 214 g/mol. The molecule has 0 saturated carbocycles. The number of hydrogen-bond donors (Lipinski definition) is 4. The molecule has 0 fully saturated rings. The summed E-state index contributed by atoms with van der Waals surface area (Å²) in [6.45, 7) is 0.411. The second kappa shape index (κ2) is 8.66. The van der Waals surface area contributed by atoms with Gasteiger partial charge in [-0.25, -0.2) is 4.79 Å². The molecule has 0 aliphatic heterocycles. The number of carbonyl (C=O) groups is 3. The highest BCUT2D eigenvalue weighted by atomic mass is 16.4. The maximum Gasteiger partial charge on any atom is 0.326 e. The van der Waals surface area contributed by atoms with Gasteiger partial charge in [0.1, 0.15) is 6.04 Å². The van der Waals surface area contributed by atoms with Crippen LogP contribution in [0.25, 0.3) is 0 Å². The van der Waals surface area contributed by atoms with Gasteiger partial charge in [0.15, 0.2) is 0 Å². The van der Waals surface area contributed by atoms with Gasteiger partial charge in [0.25, 0.3) is 0 Å². The van der Waals surface area contributed by atoms with E-state index in [9.17, 15) is 14.4 Å². The Kier molecular flexibility index (Phi) is 7.78. The monoisotopic (exact) mass is 231 g/mol. The Labute approximate surface area is 93.4 Å². The van der Waals surface area contributed by atoms with E-state index in [1.165, 1.54) is 0 Å². The number of nitrogens with two attached hydrogens (primary N) is 1. The molecule has 0 rings (SSSR count). The van der Waals surface area contributed by atoms with Gasteiger partial charge in [-0.05, 0) is 19.3 Å². The van der Waals surface area contributed by atoms with Gasteiger partial charge in [-0.3, -0.25) is 9.59 Å². The Balaban J connectivity index is 3.58. The molecule has 0 aromatic rings. The van der Waals surface area contributed by atoms with Crippen LogP contribution < -0.4 is 16.4 Å². The second-order valence-electron chi connectivity index (χ2n) is 3.23. The smallest absolute Gasteiger partial charge is 0.326 e. The lowest BCUT2D eigenvalue weighted by Gasteiger charge is -2.10. The number of aliphatic carboxylic acids is 1. The second-order valence-corrected chi connectivity index (χ2v) is 3.23. The van der Waals surface area contributed by atoms with Crippen molar-refractivity contribution >= 4 is 18.3 Å². The molecule has 16 heavy (non-hydrogen) atoms. The minimum absolute atomic E-state index is 0.0511.